The molecule has 0 fully saturated rings. The number of benzene rings is 2. The molecule has 10 nitrogen and oxygen atoms in total. The number of alkyl halides is 3. The molecule has 0 bridgehead atoms. The first kappa shape index (κ1) is 24.8. The standard InChI is InChI=1S/C22H17F3N4O6S/c1-33-14-9-7-13(8-10-14)29-19(30)11-18(35-36(31,32)22(23,24)25)15-12-26-21(28-20(15)29)27-16-5-3-4-6-17(16)34-2/h3-12H,1-2H3,(H,26,27,28). The summed E-state index contributed by atoms with van der Waals surface area (Å²) in [6.07, 6.45) is 1.04. The summed E-state index contributed by atoms with van der Waals surface area (Å²) in [6, 6.07) is 13.5. The second kappa shape index (κ2) is 9.37. The molecular formula is C22H17F3N4O6S. The average molecular weight is 522 g/mol. The van der Waals surface area contributed by atoms with E-state index >= 15 is 0 Å². The van der Waals surface area contributed by atoms with Crippen LogP contribution in [0.15, 0.2) is 65.6 Å². The van der Waals surface area contributed by atoms with Gasteiger partial charge in [-0.3, -0.25) is 9.36 Å². The number of hydrogen-bond donors (Lipinski definition) is 1. The van der Waals surface area contributed by atoms with Gasteiger partial charge in [0.25, 0.3) is 5.56 Å². The fourth-order valence-corrected chi connectivity index (χ4v) is 3.69. The Balaban J connectivity index is 1.93. The van der Waals surface area contributed by atoms with Gasteiger partial charge in [-0.05, 0) is 36.4 Å². The molecule has 36 heavy (non-hydrogen) atoms. The molecule has 0 unspecified atom stereocenters. The van der Waals surface area contributed by atoms with Crippen LogP contribution in [-0.2, 0) is 10.1 Å². The molecule has 0 saturated heterocycles. The van der Waals surface area contributed by atoms with Crippen LogP contribution in [-0.4, -0.2) is 42.7 Å². The van der Waals surface area contributed by atoms with E-state index in [9.17, 15) is 26.4 Å². The topological polar surface area (TPSA) is 122 Å². The summed E-state index contributed by atoms with van der Waals surface area (Å²) in [5, 5.41) is 2.64. The highest BCUT2D eigenvalue weighted by Gasteiger charge is 2.49. The maximum Gasteiger partial charge on any atom is 0.534 e. The van der Waals surface area contributed by atoms with Gasteiger partial charge in [-0.15, -0.1) is 0 Å². The van der Waals surface area contributed by atoms with E-state index in [4.69, 9.17) is 9.47 Å². The molecule has 0 atom stereocenters. The fourth-order valence-electron chi connectivity index (χ4n) is 3.22. The largest absolute Gasteiger partial charge is 0.534 e. The van der Waals surface area contributed by atoms with Crippen LogP contribution < -0.4 is 24.5 Å². The number of aromatic nitrogens is 3. The minimum atomic E-state index is -6.07. The quantitative estimate of drug-likeness (QED) is 0.286. The predicted octanol–water partition coefficient (Wildman–Crippen LogP) is 3.77. The summed E-state index contributed by atoms with van der Waals surface area (Å²) in [5.74, 6) is 0.00741. The van der Waals surface area contributed by atoms with Crippen molar-refractivity contribution in [2.45, 2.75) is 5.51 Å². The van der Waals surface area contributed by atoms with Crippen molar-refractivity contribution in [1.29, 1.82) is 0 Å². The molecule has 0 spiro atoms. The third kappa shape index (κ3) is 4.75. The van der Waals surface area contributed by atoms with E-state index in [-0.39, 0.29) is 22.7 Å². The maximum absolute atomic E-state index is 13.0. The molecule has 4 aromatic rings. The number of pyridine rings is 1. The van der Waals surface area contributed by atoms with Crippen molar-refractivity contribution < 1.29 is 35.2 Å². The van der Waals surface area contributed by atoms with Crippen molar-refractivity contribution in [3.8, 4) is 22.9 Å². The van der Waals surface area contributed by atoms with Crippen LogP contribution in [0.25, 0.3) is 16.7 Å². The van der Waals surface area contributed by atoms with Crippen LogP contribution in [0.4, 0.5) is 24.8 Å². The van der Waals surface area contributed by atoms with Crippen LogP contribution in [0.5, 0.6) is 17.2 Å². The van der Waals surface area contributed by atoms with Gasteiger partial charge in [0, 0.05) is 12.3 Å². The van der Waals surface area contributed by atoms with Crippen molar-refractivity contribution >= 4 is 32.8 Å². The second-order valence-corrected chi connectivity index (χ2v) is 8.66. The summed E-state index contributed by atoms with van der Waals surface area (Å²) in [4.78, 5) is 21.3. The second-order valence-electron chi connectivity index (χ2n) is 7.12. The van der Waals surface area contributed by atoms with Crippen molar-refractivity contribution in [1.82, 2.24) is 14.5 Å². The van der Waals surface area contributed by atoms with E-state index in [0.29, 0.717) is 23.3 Å². The predicted molar refractivity (Wildman–Crippen MR) is 124 cm³/mol. The lowest BCUT2D eigenvalue weighted by Gasteiger charge is -2.16. The molecule has 0 aliphatic heterocycles. The van der Waals surface area contributed by atoms with Crippen LogP contribution in [0.2, 0.25) is 0 Å². The third-order valence-electron chi connectivity index (χ3n) is 4.89. The fraction of sp³-hybridized carbons (Fsp3) is 0.136. The third-order valence-corrected chi connectivity index (χ3v) is 5.85. The molecule has 1 N–H and O–H groups in total. The van der Waals surface area contributed by atoms with Crippen molar-refractivity contribution in [2.75, 3.05) is 19.5 Å². The molecule has 2 aromatic carbocycles. The number of hydrogen-bond acceptors (Lipinski definition) is 9. The lowest BCUT2D eigenvalue weighted by molar-refractivity contribution is -0.0499. The van der Waals surface area contributed by atoms with Gasteiger partial charge in [0.1, 0.15) is 11.5 Å². The highest BCUT2D eigenvalue weighted by Crippen LogP contribution is 2.32. The van der Waals surface area contributed by atoms with Crippen LogP contribution in [0, 0.1) is 0 Å². The molecule has 0 saturated carbocycles. The minimum absolute atomic E-state index is 0.0514. The van der Waals surface area contributed by atoms with E-state index in [1.165, 1.54) is 26.4 Å². The first-order chi connectivity index (χ1) is 17.0. The van der Waals surface area contributed by atoms with Crippen molar-refractivity contribution in [3.63, 3.8) is 0 Å². The molecule has 0 aliphatic carbocycles. The number of nitrogens with one attached hydrogen (secondary N) is 1. The number of para-hydroxylation sites is 2. The smallest absolute Gasteiger partial charge is 0.497 e. The zero-order chi connectivity index (χ0) is 26.1. The number of anilines is 2. The Morgan fingerprint density at radius 2 is 1.67 bits per heavy atom. The Bertz CT molecular complexity index is 1590. The van der Waals surface area contributed by atoms with Gasteiger partial charge in [-0.2, -0.15) is 26.6 Å². The summed E-state index contributed by atoms with van der Waals surface area (Å²) in [6.45, 7) is 0. The monoisotopic (exact) mass is 522 g/mol. The molecule has 188 valence electrons. The van der Waals surface area contributed by atoms with Gasteiger partial charge in [-0.25, -0.2) is 4.98 Å². The number of methoxy groups -OCH3 is 2. The normalized spacial score (nSPS) is 11.8. The SMILES string of the molecule is COc1ccc(-n2c(=O)cc(OS(=O)(=O)C(F)(F)F)c3cnc(Nc4ccccc4OC)nc32)cc1. The highest BCUT2D eigenvalue weighted by molar-refractivity contribution is 7.88. The Morgan fingerprint density at radius 3 is 2.31 bits per heavy atom. The number of fused-ring (bicyclic) bond motifs is 1. The highest BCUT2D eigenvalue weighted by atomic mass is 32.2. The molecular weight excluding hydrogens is 505 g/mol. The van der Waals surface area contributed by atoms with Crippen molar-refractivity contribution in [2.24, 2.45) is 0 Å². The van der Waals surface area contributed by atoms with E-state index in [1.54, 1.807) is 36.4 Å². The first-order valence-electron chi connectivity index (χ1n) is 10.0. The zero-order valence-electron chi connectivity index (χ0n) is 18.6. The van der Waals surface area contributed by atoms with Gasteiger partial charge >= 0.3 is 15.6 Å². The molecule has 2 aromatic heterocycles. The maximum atomic E-state index is 13.0. The van der Waals surface area contributed by atoms with E-state index in [2.05, 4.69) is 19.5 Å². The lowest BCUT2D eigenvalue weighted by Crippen LogP contribution is -2.29. The zero-order valence-corrected chi connectivity index (χ0v) is 19.4. The van der Waals surface area contributed by atoms with Crippen LogP contribution in [0.3, 0.4) is 0 Å². The molecule has 2 heterocycles. The number of rotatable bonds is 7. The Morgan fingerprint density at radius 1 is 0.972 bits per heavy atom. The number of ether oxygens (including phenoxy) is 2. The Hall–Kier alpha value is -4.33. The minimum Gasteiger partial charge on any atom is -0.497 e. The summed E-state index contributed by atoms with van der Waals surface area (Å²) in [7, 11) is -3.16. The molecule has 0 aliphatic rings. The van der Waals surface area contributed by atoms with Gasteiger partial charge in [0.05, 0.1) is 31.0 Å². The first-order valence-corrected chi connectivity index (χ1v) is 11.4. The van der Waals surface area contributed by atoms with Gasteiger partial charge in [-0.1, -0.05) is 12.1 Å². The molecule has 4 rings (SSSR count). The average Bonchev–Trinajstić information content (AvgIpc) is 2.83. The Labute approximate surface area is 202 Å². The van der Waals surface area contributed by atoms with Crippen molar-refractivity contribution in [3.05, 3.63) is 71.1 Å². The summed E-state index contributed by atoms with van der Waals surface area (Å²) < 4.78 is 77.9. The lowest BCUT2D eigenvalue weighted by atomic mass is 10.2. The van der Waals surface area contributed by atoms with E-state index < -0.39 is 26.9 Å². The summed E-state index contributed by atoms with van der Waals surface area (Å²) >= 11 is 0. The summed E-state index contributed by atoms with van der Waals surface area (Å²) in [5.41, 5.74) is -6.09. The van der Waals surface area contributed by atoms with E-state index in [0.717, 1.165) is 10.8 Å². The molecule has 0 amide bonds. The van der Waals surface area contributed by atoms with Crippen LogP contribution >= 0.6 is 0 Å². The molecule has 14 heteroatoms. The molecule has 0 radical (unpaired) electrons. The number of halogens is 3. The van der Waals surface area contributed by atoms with Gasteiger partial charge < -0.3 is 19.0 Å². The van der Waals surface area contributed by atoms with Gasteiger partial charge in [0.2, 0.25) is 5.95 Å². The Kier molecular flexibility index (Phi) is 6.45. The van der Waals surface area contributed by atoms with E-state index in [1.807, 2.05) is 0 Å². The number of nitrogens with zero attached hydrogens (tertiary/aromatic N) is 3. The van der Waals surface area contributed by atoms with Crippen LogP contribution in [0.1, 0.15) is 0 Å². The van der Waals surface area contributed by atoms with Gasteiger partial charge in [0.15, 0.2) is 11.4 Å².